The number of carbonyl (C=O) groups is 2. The number of amides is 1. The Labute approximate surface area is 129 Å². The summed E-state index contributed by atoms with van der Waals surface area (Å²) in [7, 11) is 0. The van der Waals surface area contributed by atoms with Crippen LogP contribution < -0.4 is 5.32 Å². The van der Waals surface area contributed by atoms with E-state index in [9.17, 15) is 9.59 Å². The molecule has 5 heteroatoms. The van der Waals surface area contributed by atoms with E-state index in [2.05, 4.69) is 12.2 Å². The van der Waals surface area contributed by atoms with Crippen LogP contribution in [0, 0.1) is 12.8 Å². The van der Waals surface area contributed by atoms with Gasteiger partial charge in [0.15, 0.2) is 6.10 Å². The van der Waals surface area contributed by atoms with Gasteiger partial charge in [-0.15, -0.1) is 11.3 Å². The number of thiophene rings is 1. The summed E-state index contributed by atoms with van der Waals surface area (Å²) in [6, 6.07) is 3.81. The molecule has 0 aliphatic heterocycles. The Balaban J connectivity index is 1.86. The molecule has 1 aromatic rings. The Morgan fingerprint density at radius 1 is 1.33 bits per heavy atom. The third kappa shape index (κ3) is 4.30. The van der Waals surface area contributed by atoms with E-state index in [0.717, 1.165) is 24.1 Å². The molecule has 1 aliphatic carbocycles. The maximum atomic E-state index is 12.1. The standard InChI is InChI=1S/C16H23NO3S/c1-10-6-4-5-7-13(10)17-15(18)12(3)20-16(19)14-9-8-11(2)21-14/h8-10,12-13H,4-7H2,1-3H3,(H,17,18)/t10-,12-,13-/m0/s1. The molecule has 3 atom stereocenters. The minimum absolute atomic E-state index is 0.199. The molecule has 0 saturated heterocycles. The van der Waals surface area contributed by atoms with Crippen molar-refractivity contribution in [3.63, 3.8) is 0 Å². The SMILES string of the molecule is Cc1ccc(C(=O)O[C@@H](C)C(=O)N[C@H]2CCCC[C@@H]2C)s1. The number of nitrogens with one attached hydrogen (secondary N) is 1. The van der Waals surface area contributed by atoms with E-state index < -0.39 is 12.1 Å². The van der Waals surface area contributed by atoms with Gasteiger partial charge in [-0.1, -0.05) is 19.8 Å². The first-order valence-corrected chi connectivity index (χ1v) is 8.37. The summed E-state index contributed by atoms with van der Waals surface area (Å²) in [5, 5.41) is 3.02. The van der Waals surface area contributed by atoms with Crippen molar-refractivity contribution in [1.82, 2.24) is 5.32 Å². The van der Waals surface area contributed by atoms with Crippen molar-refractivity contribution in [2.24, 2.45) is 5.92 Å². The molecule has 116 valence electrons. The van der Waals surface area contributed by atoms with Crippen LogP contribution in [0.1, 0.15) is 54.1 Å². The van der Waals surface area contributed by atoms with Crippen molar-refractivity contribution < 1.29 is 14.3 Å². The fourth-order valence-corrected chi connectivity index (χ4v) is 3.40. The van der Waals surface area contributed by atoms with Crippen LogP contribution in [-0.2, 0) is 9.53 Å². The van der Waals surface area contributed by atoms with Crippen LogP contribution in [0.25, 0.3) is 0 Å². The molecule has 1 aliphatic rings. The van der Waals surface area contributed by atoms with Crippen LogP contribution in [0.15, 0.2) is 12.1 Å². The molecule has 1 heterocycles. The highest BCUT2D eigenvalue weighted by Gasteiger charge is 2.26. The predicted octanol–water partition coefficient (Wildman–Crippen LogP) is 3.30. The number of aryl methyl sites for hydroxylation is 1. The van der Waals surface area contributed by atoms with Crippen molar-refractivity contribution in [3.8, 4) is 0 Å². The van der Waals surface area contributed by atoms with Gasteiger partial charge in [-0.25, -0.2) is 4.79 Å². The lowest BCUT2D eigenvalue weighted by atomic mass is 9.86. The van der Waals surface area contributed by atoms with Crippen molar-refractivity contribution in [1.29, 1.82) is 0 Å². The van der Waals surface area contributed by atoms with Crippen molar-refractivity contribution in [2.45, 2.75) is 58.6 Å². The number of ether oxygens (including phenoxy) is 1. The molecule has 4 nitrogen and oxygen atoms in total. The zero-order chi connectivity index (χ0) is 15.4. The summed E-state index contributed by atoms with van der Waals surface area (Å²) in [5.74, 6) is -0.131. The first-order valence-electron chi connectivity index (χ1n) is 7.55. The third-order valence-electron chi connectivity index (χ3n) is 4.03. The third-order valence-corrected chi connectivity index (χ3v) is 5.01. The first-order chi connectivity index (χ1) is 9.97. The quantitative estimate of drug-likeness (QED) is 0.868. The largest absolute Gasteiger partial charge is 0.448 e. The number of hydrogen-bond donors (Lipinski definition) is 1. The summed E-state index contributed by atoms with van der Waals surface area (Å²) < 4.78 is 5.25. The lowest BCUT2D eigenvalue weighted by Crippen LogP contribution is -2.45. The Kier molecular flexibility index (Phi) is 5.39. The summed E-state index contributed by atoms with van der Waals surface area (Å²) in [6.45, 7) is 5.72. The van der Waals surface area contributed by atoms with Crippen molar-refractivity contribution >= 4 is 23.2 Å². The smallest absolute Gasteiger partial charge is 0.349 e. The normalized spacial score (nSPS) is 23.4. The summed E-state index contributed by atoms with van der Waals surface area (Å²) >= 11 is 1.38. The second-order valence-corrected chi connectivity index (χ2v) is 7.12. The average Bonchev–Trinajstić information content (AvgIpc) is 2.88. The summed E-state index contributed by atoms with van der Waals surface area (Å²) in [5.41, 5.74) is 0. The highest BCUT2D eigenvalue weighted by atomic mass is 32.1. The van der Waals surface area contributed by atoms with Gasteiger partial charge in [-0.2, -0.15) is 0 Å². The van der Waals surface area contributed by atoms with E-state index in [4.69, 9.17) is 4.74 Å². The van der Waals surface area contributed by atoms with Crippen LogP contribution >= 0.6 is 11.3 Å². The van der Waals surface area contributed by atoms with E-state index in [1.54, 1.807) is 13.0 Å². The molecule has 0 unspecified atom stereocenters. The van der Waals surface area contributed by atoms with Gasteiger partial charge in [0.05, 0.1) is 0 Å². The van der Waals surface area contributed by atoms with Crippen LogP contribution in [0.4, 0.5) is 0 Å². The summed E-state index contributed by atoms with van der Waals surface area (Å²) in [4.78, 5) is 25.7. The van der Waals surface area contributed by atoms with Crippen LogP contribution in [0.5, 0.6) is 0 Å². The summed E-state index contributed by atoms with van der Waals surface area (Å²) in [6.07, 6.45) is 3.79. The van der Waals surface area contributed by atoms with Gasteiger partial charge in [0.25, 0.3) is 5.91 Å². The van der Waals surface area contributed by atoms with Crippen LogP contribution in [0.3, 0.4) is 0 Å². The van der Waals surface area contributed by atoms with E-state index in [0.29, 0.717) is 10.8 Å². The fraction of sp³-hybridized carbons (Fsp3) is 0.625. The molecule has 21 heavy (non-hydrogen) atoms. The molecule has 2 rings (SSSR count). The molecule has 1 aromatic heterocycles. The van der Waals surface area contributed by atoms with Gasteiger partial charge in [0.2, 0.25) is 0 Å². The van der Waals surface area contributed by atoms with Gasteiger partial charge in [-0.3, -0.25) is 4.79 Å². The van der Waals surface area contributed by atoms with Gasteiger partial charge in [0.1, 0.15) is 4.88 Å². The maximum absolute atomic E-state index is 12.1. The first kappa shape index (κ1) is 16.0. The monoisotopic (exact) mass is 309 g/mol. The van der Waals surface area contributed by atoms with E-state index in [1.807, 2.05) is 13.0 Å². The van der Waals surface area contributed by atoms with Crippen molar-refractivity contribution in [3.05, 3.63) is 21.9 Å². The molecule has 1 saturated carbocycles. The zero-order valence-corrected chi connectivity index (χ0v) is 13.7. The van der Waals surface area contributed by atoms with Crippen LogP contribution in [0.2, 0.25) is 0 Å². The molecule has 1 amide bonds. The van der Waals surface area contributed by atoms with E-state index >= 15 is 0 Å². The lowest BCUT2D eigenvalue weighted by Gasteiger charge is -2.30. The fourth-order valence-electron chi connectivity index (χ4n) is 2.65. The molecule has 0 radical (unpaired) electrons. The molecule has 1 fully saturated rings. The molecule has 1 N–H and O–H groups in total. The lowest BCUT2D eigenvalue weighted by molar-refractivity contribution is -0.130. The Morgan fingerprint density at radius 3 is 2.67 bits per heavy atom. The average molecular weight is 309 g/mol. The van der Waals surface area contributed by atoms with E-state index in [-0.39, 0.29) is 11.9 Å². The number of carbonyl (C=O) groups excluding carboxylic acids is 2. The minimum atomic E-state index is -0.756. The molecular formula is C16H23NO3S. The van der Waals surface area contributed by atoms with Gasteiger partial charge >= 0.3 is 5.97 Å². The number of esters is 1. The Hall–Kier alpha value is -1.36. The minimum Gasteiger partial charge on any atom is -0.448 e. The predicted molar refractivity (Wildman–Crippen MR) is 83.5 cm³/mol. The zero-order valence-electron chi connectivity index (χ0n) is 12.8. The Morgan fingerprint density at radius 2 is 2.05 bits per heavy atom. The van der Waals surface area contributed by atoms with Crippen molar-refractivity contribution in [2.75, 3.05) is 0 Å². The van der Waals surface area contributed by atoms with Gasteiger partial charge in [-0.05, 0) is 44.7 Å². The second-order valence-electron chi connectivity index (χ2n) is 5.83. The molecule has 0 spiro atoms. The topological polar surface area (TPSA) is 55.4 Å². The molecular weight excluding hydrogens is 286 g/mol. The Bertz CT molecular complexity index is 511. The van der Waals surface area contributed by atoms with E-state index in [1.165, 1.54) is 17.8 Å². The number of rotatable bonds is 4. The van der Waals surface area contributed by atoms with Crippen LogP contribution in [-0.4, -0.2) is 24.0 Å². The molecule has 0 bridgehead atoms. The maximum Gasteiger partial charge on any atom is 0.349 e. The van der Waals surface area contributed by atoms with Gasteiger partial charge in [0, 0.05) is 10.9 Å². The highest BCUT2D eigenvalue weighted by molar-refractivity contribution is 7.13. The molecule has 0 aromatic carbocycles. The van der Waals surface area contributed by atoms with Gasteiger partial charge < -0.3 is 10.1 Å². The highest BCUT2D eigenvalue weighted by Crippen LogP contribution is 2.24. The second kappa shape index (κ2) is 7.07. The number of hydrogen-bond acceptors (Lipinski definition) is 4.